The van der Waals surface area contributed by atoms with Crippen molar-refractivity contribution < 1.29 is 14.6 Å². The van der Waals surface area contributed by atoms with Gasteiger partial charge in [-0.25, -0.2) is 4.98 Å². The molecule has 1 aromatic heterocycles. The lowest BCUT2D eigenvalue weighted by Crippen LogP contribution is -2.31. The maximum Gasteiger partial charge on any atom is 0.161 e. The Kier molecular flexibility index (Phi) is 7.98. The molecular formula is C19H25ClN2O3. The molecule has 6 heteroatoms. The van der Waals surface area contributed by atoms with Gasteiger partial charge in [-0.3, -0.25) is 0 Å². The zero-order valence-electron chi connectivity index (χ0n) is 14.7. The smallest absolute Gasteiger partial charge is 0.161 e. The molecule has 0 aliphatic carbocycles. The number of benzene rings is 1. The molecule has 5 nitrogen and oxygen atoms in total. The molecule has 0 fully saturated rings. The van der Waals surface area contributed by atoms with Crippen LogP contribution in [0.1, 0.15) is 31.4 Å². The molecule has 2 rings (SSSR count). The Morgan fingerprint density at radius 3 is 2.56 bits per heavy atom. The van der Waals surface area contributed by atoms with E-state index in [4.69, 9.17) is 21.1 Å². The minimum atomic E-state index is 0.101. The summed E-state index contributed by atoms with van der Waals surface area (Å²) < 4.78 is 11.6. The van der Waals surface area contributed by atoms with E-state index in [1.54, 1.807) is 12.3 Å². The van der Waals surface area contributed by atoms with Crippen molar-refractivity contribution in [1.29, 1.82) is 0 Å². The maximum atomic E-state index is 9.26. The number of aliphatic hydroxyl groups is 1. The van der Waals surface area contributed by atoms with E-state index in [1.165, 1.54) is 0 Å². The summed E-state index contributed by atoms with van der Waals surface area (Å²) in [5.74, 6) is 1.40. The molecule has 1 heterocycles. The van der Waals surface area contributed by atoms with Crippen molar-refractivity contribution in [3.8, 4) is 11.5 Å². The molecule has 0 saturated carbocycles. The minimum absolute atomic E-state index is 0.101. The second-order valence-electron chi connectivity index (χ2n) is 5.66. The van der Waals surface area contributed by atoms with E-state index in [2.05, 4.69) is 10.3 Å². The van der Waals surface area contributed by atoms with Crippen LogP contribution in [0.2, 0.25) is 5.15 Å². The molecule has 0 aliphatic rings. The van der Waals surface area contributed by atoms with Gasteiger partial charge < -0.3 is 19.9 Å². The highest BCUT2D eigenvalue weighted by Gasteiger charge is 2.09. The molecule has 0 aliphatic heterocycles. The van der Waals surface area contributed by atoms with Crippen LogP contribution in [0.15, 0.2) is 36.5 Å². The highest BCUT2D eigenvalue weighted by molar-refractivity contribution is 6.29. The van der Waals surface area contributed by atoms with Crippen molar-refractivity contribution in [2.24, 2.45) is 0 Å². The molecule has 1 unspecified atom stereocenters. The van der Waals surface area contributed by atoms with E-state index in [1.807, 2.05) is 38.1 Å². The van der Waals surface area contributed by atoms with Crippen LogP contribution in [0.4, 0.5) is 0 Å². The highest BCUT2D eigenvalue weighted by atomic mass is 35.5. The molecule has 25 heavy (non-hydrogen) atoms. The first-order valence-electron chi connectivity index (χ1n) is 8.49. The fraction of sp³-hybridized carbons (Fsp3) is 0.421. The lowest BCUT2D eigenvalue weighted by atomic mass is 10.1. The average molecular weight is 365 g/mol. The fourth-order valence-electron chi connectivity index (χ4n) is 2.30. The Hall–Kier alpha value is -1.82. The topological polar surface area (TPSA) is 63.6 Å². The SMILES string of the molecule is CCOc1cc(CNC(CC)CO)ccc1OCc1ccc(Cl)nc1. The van der Waals surface area contributed by atoms with Crippen LogP contribution in [-0.2, 0) is 13.2 Å². The third-order valence-electron chi connectivity index (χ3n) is 3.80. The summed E-state index contributed by atoms with van der Waals surface area (Å²) in [5, 5.41) is 13.0. The van der Waals surface area contributed by atoms with Crippen LogP contribution >= 0.6 is 11.6 Å². The monoisotopic (exact) mass is 364 g/mol. The van der Waals surface area contributed by atoms with Gasteiger partial charge >= 0.3 is 0 Å². The number of ether oxygens (including phenoxy) is 2. The normalized spacial score (nSPS) is 12.0. The molecular weight excluding hydrogens is 340 g/mol. The summed E-state index contributed by atoms with van der Waals surface area (Å²) in [5.41, 5.74) is 2.02. The van der Waals surface area contributed by atoms with Gasteiger partial charge in [-0.2, -0.15) is 0 Å². The highest BCUT2D eigenvalue weighted by Crippen LogP contribution is 2.29. The van der Waals surface area contributed by atoms with Gasteiger partial charge in [0.05, 0.1) is 13.2 Å². The predicted molar refractivity (Wildman–Crippen MR) is 99.2 cm³/mol. The largest absolute Gasteiger partial charge is 0.490 e. The molecule has 1 atom stereocenters. The second-order valence-corrected chi connectivity index (χ2v) is 6.05. The lowest BCUT2D eigenvalue weighted by molar-refractivity contribution is 0.238. The number of halogens is 1. The minimum Gasteiger partial charge on any atom is -0.490 e. The quantitative estimate of drug-likeness (QED) is 0.631. The van der Waals surface area contributed by atoms with Gasteiger partial charge in [0.2, 0.25) is 0 Å². The number of hydrogen-bond donors (Lipinski definition) is 2. The summed E-state index contributed by atoms with van der Waals surface area (Å²) in [4.78, 5) is 4.05. The first-order valence-corrected chi connectivity index (χ1v) is 8.87. The van der Waals surface area contributed by atoms with Crippen LogP contribution in [0.5, 0.6) is 11.5 Å². The summed E-state index contributed by atoms with van der Waals surface area (Å²) in [6, 6.07) is 9.59. The number of pyridine rings is 1. The first kappa shape index (κ1) is 19.5. The Morgan fingerprint density at radius 2 is 1.92 bits per heavy atom. The standard InChI is InChI=1S/C19H25ClN2O3/c1-3-16(12-23)21-10-14-5-7-17(18(9-14)24-4-2)25-13-15-6-8-19(20)22-11-15/h5-9,11,16,21,23H,3-4,10,12-13H2,1-2H3. The van der Waals surface area contributed by atoms with Gasteiger partial charge in [0.1, 0.15) is 11.8 Å². The predicted octanol–water partition coefficient (Wildman–Crippen LogP) is 3.57. The van der Waals surface area contributed by atoms with Gasteiger partial charge in [-0.1, -0.05) is 30.7 Å². The van der Waals surface area contributed by atoms with Gasteiger partial charge in [-0.15, -0.1) is 0 Å². The molecule has 2 aromatic rings. The zero-order chi connectivity index (χ0) is 18.1. The van der Waals surface area contributed by atoms with E-state index in [9.17, 15) is 5.11 Å². The fourth-order valence-corrected chi connectivity index (χ4v) is 2.41. The molecule has 0 saturated heterocycles. The molecule has 1 aromatic carbocycles. The number of nitrogens with one attached hydrogen (secondary N) is 1. The Bertz CT molecular complexity index is 646. The Morgan fingerprint density at radius 1 is 1.12 bits per heavy atom. The van der Waals surface area contributed by atoms with E-state index in [0.717, 1.165) is 17.5 Å². The van der Waals surface area contributed by atoms with Crippen molar-refractivity contribution in [1.82, 2.24) is 10.3 Å². The lowest BCUT2D eigenvalue weighted by Gasteiger charge is -2.16. The maximum absolute atomic E-state index is 9.26. The number of aromatic nitrogens is 1. The summed E-state index contributed by atoms with van der Waals surface area (Å²) in [6.45, 7) is 5.73. The van der Waals surface area contributed by atoms with E-state index in [0.29, 0.717) is 36.4 Å². The molecule has 2 N–H and O–H groups in total. The third kappa shape index (κ3) is 6.20. The van der Waals surface area contributed by atoms with E-state index >= 15 is 0 Å². The third-order valence-corrected chi connectivity index (χ3v) is 4.02. The number of aliphatic hydroxyl groups excluding tert-OH is 1. The Balaban J connectivity index is 2.03. The van der Waals surface area contributed by atoms with Gasteiger partial charge in [0.25, 0.3) is 0 Å². The van der Waals surface area contributed by atoms with Crippen molar-refractivity contribution in [3.63, 3.8) is 0 Å². The van der Waals surface area contributed by atoms with Crippen LogP contribution in [0.3, 0.4) is 0 Å². The van der Waals surface area contributed by atoms with Crippen LogP contribution in [0.25, 0.3) is 0 Å². The average Bonchev–Trinajstić information content (AvgIpc) is 2.63. The first-order chi connectivity index (χ1) is 12.2. The molecule has 136 valence electrons. The summed E-state index contributed by atoms with van der Waals surface area (Å²) in [6.07, 6.45) is 2.58. The zero-order valence-corrected chi connectivity index (χ0v) is 15.4. The number of nitrogens with zero attached hydrogens (tertiary/aromatic N) is 1. The second kappa shape index (κ2) is 10.2. The van der Waals surface area contributed by atoms with Crippen molar-refractivity contribution in [2.45, 2.75) is 39.5 Å². The van der Waals surface area contributed by atoms with Crippen molar-refractivity contribution in [3.05, 3.63) is 52.8 Å². The number of hydrogen-bond acceptors (Lipinski definition) is 5. The summed E-state index contributed by atoms with van der Waals surface area (Å²) in [7, 11) is 0. The van der Waals surface area contributed by atoms with Gasteiger partial charge in [-0.05, 0) is 37.1 Å². The van der Waals surface area contributed by atoms with Crippen LogP contribution in [-0.4, -0.2) is 29.3 Å². The van der Waals surface area contributed by atoms with Crippen molar-refractivity contribution in [2.75, 3.05) is 13.2 Å². The van der Waals surface area contributed by atoms with Crippen LogP contribution < -0.4 is 14.8 Å². The van der Waals surface area contributed by atoms with E-state index < -0.39 is 0 Å². The van der Waals surface area contributed by atoms with Crippen molar-refractivity contribution >= 4 is 11.6 Å². The van der Waals surface area contributed by atoms with Gasteiger partial charge in [0, 0.05) is 24.3 Å². The molecule has 0 amide bonds. The number of rotatable bonds is 10. The molecule has 0 radical (unpaired) electrons. The van der Waals surface area contributed by atoms with E-state index in [-0.39, 0.29) is 12.6 Å². The van der Waals surface area contributed by atoms with Gasteiger partial charge in [0.15, 0.2) is 11.5 Å². The Labute approximate surface area is 154 Å². The molecule has 0 spiro atoms. The molecule has 0 bridgehead atoms. The summed E-state index contributed by atoms with van der Waals surface area (Å²) >= 11 is 5.79. The van der Waals surface area contributed by atoms with Crippen LogP contribution in [0, 0.1) is 0 Å².